The first-order valence-corrected chi connectivity index (χ1v) is 13.9. The topological polar surface area (TPSA) is 123 Å². The van der Waals surface area contributed by atoms with E-state index in [1.165, 1.54) is 6.20 Å². The highest BCUT2D eigenvalue weighted by molar-refractivity contribution is 7.98. The minimum absolute atomic E-state index is 0.00662. The van der Waals surface area contributed by atoms with Crippen LogP contribution in [0.1, 0.15) is 41.6 Å². The van der Waals surface area contributed by atoms with Crippen molar-refractivity contribution in [3.05, 3.63) is 40.7 Å². The third-order valence-corrected chi connectivity index (χ3v) is 7.18. The summed E-state index contributed by atoms with van der Waals surface area (Å²) in [6.45, 7) is 4.22. The fraction of sp³-hybridized carbons (Fsp3) is 0.500. The molecule has 1 atom stereocenters. The highest BCUT2D eigenvalue weighted by Crippen LogP contribution is 2.29. The Bertz CT molecular complexity index is 1190. The Morgan fingerprint density at radius 2 is 2.19 bits per heavy atom. The number of hydrogen-bond acceptors (Lipinski definition) is 8. The van der Waals surface area contributed by atoms with Gasteiger partial charge in [-0.25, -0.2) is 14.8 Å². The van der Waals surface area contributed by atoms with Gasteiger partial charge in [0.05, 0.1) is 11.3 Å². The molecular formula is C26H33N7O3S. The molecule has 2 aromatic rings. The standard InChI is InChI=1S/C26H33N7O3S/c1-17-19(16-32(2)25(34)22-7-5-10-36-22)12-18-6-4-9-33(24(18)30-17)26(35)31-23-13-21(28-8-11-37-3)20(14-27)15-29-23/h12-13,15,22H,4-11,16H2,1-3H3,(H2,28,29,31,35)/t22-/m1/s1. The maximum atomic E-state index is 13.2. The normalized spacial score (nSPS) is 16.6. The van der Waals surface area contributed by atoms with Crippen LogP contribution < -0.4 is 15.5 Å². The highest BCUT2D eigenvalue weighted by Gasteiger charge is 2.29. The van der Waals surface area contributed by atoms with Crippen molar-refractivity contribution in [2.45, 2.75) is 45.3 Å². The second-order valence-electron chi connectivity index (χ2n) is 9.24. The molecule has 0 spiro atoms. The van der Waals surface area contributed by atoms with Gasteiger partial charge >= 0.3 is 6.03 Å². The number of urea groups is 1. The molecule has 1 saturated heterocycles. The fourth-order valence-electron chi connectivity index (χ4n) is 4.57. The number of amides is 3. The van der Waals surface area contributed by atoms with Gasteiger partial charge in [-0.2, -0.15) is 17.0 Å². The number of likely N-dealkylation sites (N-methyl/N-ethyl adjacent to an activating group) is 1. The van der Waals surface area contributed by atoms with Gasteiger partial charge in [0, 0.05) is 57.0 Å². The van der Waals surface area contributed by atoms with Crippen molar-refractivity contribution in [2.75, 3.05) is 54.3 Å². The van der Waals surface area contributed by atoms with E-state index in [1.54, 1.807) is 34.7 Å². The van der Waals surface area contributed by atoms with Crippen molar-refractivity contribution in [1.82, 2.24) is 14.9 Å². The van der Waals surface area contributed by atoms with Gasteiger partial charge in [-0.3, -0.25) is 15.0 Å². The largest absolute Gasteiger partial charge is 0.383 e. The Hall–Kier alpha value is -3.36. The molecule has 196 valence electrons. The number of nitrogens with one attached hydrogen (secondary N) is 2. The molecular weight excluding hydrogens is 490 g/mol. The number of nitrogens with zero attached hydrogens (tertiary/aromatic N) is 5. The van der Waals surface area contributed by atoms with Crippen molar-refractivity contribution < 1.29 is 14.3 Å². The third-order valence-electron chi connectivity index (χ3n) is 6.57. The minimum atomic E-state index is -0.354. The summed E-state index contributed by atoms with van der Waals surface area (Å²) >= 11 is 1.70. The van der Waals surface area contributed by atoms with Gasteiger partial charge < -0.3 is 15.0 Å². The number of carbonyl (C=O) groups excluding carboxylic acids is 2. The average molecular weight is 524 g/mol. The van der Waals surface area contributed by atoms with Crippen LogP contribution in [0.4, 0.5) is 22.1 Å². The third kappa shape index (κ3) is 6.32. The van der Waals surface area contributed by atoms with E-state index in [-0.39, 0.29) is 18.0 Å². The number of nitriles is 1. The lowest BCUT2D eigenvalue weighted by Gasteiger charge is -2.30. The van der Waals surface area contributed by atoms with E-state index in [1.807, 2.05) is 13.2 Å². The number of thioether (sulfide) groups is 1. The number of fused-ring (bicyclic) bond motifs is 1. The van der Waals surface area contributed by atoms with Crippen LogP contribution in [0, 0.1) is 18.3 Å². The number of anilines is 3. The van der Waals surface area contributed by atoms with Crippen LogP contribution in [0.2, 0.25) is 0 Å². The Kier molecular flexibility index (Phi) is 8.84. The van der Waals surface area contributed by atoms with Gasteiger partial charge in [-0.15, -0.1) is 0 Å². The van der Waals surface area contributed by atoms with Crippen LogP contribution >= 0.6 is 11.8 Å². The summed E-state index contributed by atoms with van der Waals surface area (Å²) in [5, 5.41) is 15.5. The van der Waals surface area contributed by atoms with Crippen LogP contribution in [-0.2, 0) is 22.5 Å². The van der Waals surface area contributed by atoms with Gasteiger partial charge in [-0.05, 0) is 56.1 Å². The molecule has 0 saturated carbocycles. The van der Waals surface area contributed by atoms with Crippen LogP contribution in [0.25, 0.3) is 0 Å². The summed E-state index contributed by atoms with van der Waals surface area (Å²) in [5.74, 6) is 1.88. The Balaban J connectivity index is 1.48. The molecule has 2 aromatic heterocycles. The van der Waals surface area contributed by atoms with Crippen molar-refractivity contribution in [3.8, 4) is 6.07 Å². The molecule has 4 heterocycles. The highest BCUT2D eigenvalue weighted by atomic mass is 32.2. The molecule has 3 amide bonds. The number of pyridine rings is 2. The van der Waals surface area contributed by atoms with Gasteiger partial charge in [-0.1, -0.05) is 0 Å². The second-order valence-corrected chi connectivity index (χ2v) is 10.2. The maximum absolute atomic E-state index is 13.2. The average Bonchev–Trinajstić information content (AvgIpc) is 3.44. The first-order valence-electron chi connectivity index (χ1n) is 12.5. The quantitative estimate of drug-likeness (QED) is 0.504. The summed E-state index contributed by atoms with van der Waals surface area (Å²) in [6, 6.07) is 5.55. The molecule has 2 aliphatic heterocycles. The lowest BCUT2D eigenvalue weighted by Crippen LogP contribution is -2.40. The summed E-state index contributed by atoms with van der Waals surface area (Å²) in [6.07, 6.45) is 6.41. The zero-order valence-corrected chi connectivity index (χ0v) is 22.4. The zero-order chi connectivity index (χ0) is 26.4. The second kappa shape index (κ2) is 12.3. The maximum Gasteiger partial charge on any atom is 0.328 e. The minimum Gasteiger partial charge on any atom is -0.383 e. The molecule has 4 rings (SSSR count). The summed E-state index contributed by atoms with van der Waals surface area (Å²) in [4.78, 5) is 38.3. The Labute approximate surface area is 221 Å². The molecule has 37 heavy (non-hydrogen) atoms. The van der Waals surface area contributed by atoms with E-state index in [9.17, 15) is 14.9 Å². The van der Waals surface area contributed by atoms with Crippen LogP contribution in [0.15, 0.2) is 18.3 Å². The number of ether oxygens (including phenoxy) is 1. The predicted molar refractivity (Wildman–Crippen MR) is 145 cm³/mol. The van der Waals surface area contributed by atoms with Crippen molar-refractivity contribution in [3.63, 3.8) is 0 Å². The molecule has 0 bridgehead atoms. The van der Waals surface area contributed by atoms with Gasteiger partial charge in [0.1, 0.15) is 23.8 Å². The van der Waals surface area contributed by atoms with E-state index in [2.05, 4.69) is 27.8 Å². The van der Waals surface area contributed by atoms with Crippen molar-refractivity contribution in [2.24, 2.45) is 0 Å². The van der Waals surface area contributed by atoms with E-state index < -0.39 is 0 Å². The lowest BCUT2D eigenvalue weighted by molar-refractivity contribution is -0.140. The first-order chi connectivity index (χ1) is 17.9. The van der Waals surface area contributed by atoms with E-state index in [0.29, 0.717) is 49.1 Å². The molecule has 10 nitrogen and oxygen atoms in total. The molecule has 2 N–H and O–H groups in total. The zero-order valence-electron chi connectivity index (χ0n) is 21.5. The SMILES string of the molecule is CSCCNc1cc(NC(=O)N2CCCc3cc(CN(C)C(=O)[C@H]4CCCO4)c(C)nc32)ncc1C#N. The van der Waals surface area contributed by atoms with Crippen molar-refractivity contribution in [1.29, 1.82) is 5.26 Å². The van der Waals surface area contributed by atoms with E-state index >= 15 is 0 Å². The van der Waals surface area contributed by atoms with E-state index in [4.69, 9.17) is 9.72 Å². The first kappa shape index (κ1) is 26.7. The van der Waals surface area contributed by atoms with Gasteiger partial charge in [0.25, 0.3) is 5.91 Å². The molecule has 1 fully saturated rings. The van der Waals surface area contributed by atoms with Crippen molar-refractivity contribution >= 4 is 41.0 Å². The molecule has 0 aliphatic carbocycles. The number of rotatable bonds is 8. The van der Waals surface area contributed by atoms with Gasteiger partial charge in [0.2, 0.25) is 0 Å². The molecule has 0 radical (unpaired) electrons. The number of carbonyl (C=O) groups is 2. The summed E-state index contributed by atoms with van der Waals surface area (Å²) < 4.78 is 5.54. The monoisotopic (exact) mass is 523 g/mol. The summed E-state index contributed by atoms with van der Waals surface area (Å²) in [7, 11) is 1.79. The molecule has 11 heteroatoms. The molecule has 2 aliphatic rings. The molecule has 0 aromatic carbocycles. The number of aromatic nitrogens is 2. The van der Waals surface area contributed by atoms with E-state index in [0.717, 1.165) is 48.3 Å². The smallest absolute Gasteiger partial charge is 0.328 e. The van der Waals surface area contributed by atoms with Crippen LogP contribution in [-0.4, -0.2) is 71.7 Å². The number of hydrogen-bond donors (Lipinski definition) is 2. The fourth-order valence-corrected chi connectivity index (χ4v) is 4.87. The van der Waals surface area contributed by atoms with Crippen LogP contribution in [0.3, 0.4) is 0 Å². The Morgan fingerprint density at radius 1 is 1.35 bits per heavy atom. The molecule has 0 unspecified atom stereocenters. The summed E-state index contributed by atoms with van der Waals surface area (Å²) in [5.41, 5.74) is 3.79. The number of aryl methyl sites for hydroxylation is 2. The van der Waals surface area contributed by atoms with Crippen LogP contribution in [0.5, 0.6) is 0 Å². The predicted octanol–water partition coefficient (Wildman–Crippen LogP) is 3.55. The lowest BCUT2D eigenvalue weighted by atomic mass is 10.0. The Morgan fingerprint density at radius 3 is 2.92 bits per heavy atom. The van der Waals surface area contributed by atoms with Gasteiger partial charge in [0.15, 0.2) is 0 Å².